The largest absolute Gasteiger partial charge is 0.303 e. The lowest BCUT2D eigenvalue weighted by Gasteiger charge is -2.44. The van der Waals surface area contributed by atoms with E-state index in [-0.39, 0.29) is 8.41 Å². The zero-order chi connectivity index (χ0) is 7.68. The van der Waals surface area contributed by atoms with Gasteiger partial charge in [-0.1, -0.05) is 0 Å². The predicted molar refractivity (Wildman–Crippen MR) is 49.1 cm³/mol. The molecule has 3 rings (SSSR count). The summed E-state index contributed by atoms with van der Waals surface area (Å²) in [5.74, 6) is 1.56. The van der Waals surface area contributed by atoms with Gasteiger partial charge in [-0.25, -0.2) is 0 Å². The molecule has 3 aliphatic rings. The Labute approximate surface area is 75.9 Å². The van der Waals surface area contributed by atoms with Crippen LogP contribution in [0.2, 0.25) is 0 Å². The minimum Gasteiger partial charge on any atom is -0.303 e. The Balaban J connectivity index is 0.000000720. The SMILES string of the molecule is O=CC[C@@H]1CN2CCC1CC2.[B]. The smallest absolute Gasteiger partial charge is 0.120 e. The van der Waals surface area contributed by atoms with Crippen molar-refractivity contribution < 1.29 is 4.79 Å². The Morgan fingerprint density at radius 1 is 1.33 bits per heavy atom. The van der Waals surface area contributed by atoms with Crippen molar-refractivity contribution in [2.24, 2.45) is 11.8 Å². The molecule has 0 amide bonds. The average molecular weight is 164 g/mol. The van der Waals surface area contributed by atoms with Gasteiger partial charge in [0.2, 0.25) is 0 Å². The summed E-state index contributed by atoms with van der Waals surface area (Å²) >= 11 is 0. The van der Waals surface area contributed by atoms with Crippen LogP contribution >= 0.6 is 0 Å². The lowest BCUT2D eigenvalue weighted by Crippen LogP contribution is -2.47. The number of aldehydes is 1. The normalized spacial score (nSPS) is 38.8. The molecule has 0 spiro atoms. The second-order valence-electron chi connectivity index (χ2n) is 3.80. The van der Waals surface area contributed by atoms with E-state index in [2.05, 4.69) is 4.90 Å². The number of carbonyl (C=O) groups excluding carboxylic acids is 1. The summed E-state index contributed by atoms with van der Waals surface area (Å²) in [6.07, 6.45) is 4.55. The quantitative estimate of drug-likeness (QED) is 0.438. The van der Waals surface area contributed by atoms with Crippen molar-refractivity contribution in [3.05, 3.63) is 0 Å². The molecule has 0 aromatic carbocycles. The molecule has 2 bridgehead atoms. The third-order valence-corrected chi connectivity index (χ3v) is 3.19. The zero-order valence-corrected chi connectivity index (χ0v) is 7.41. The van der Waals surface area contributed by atoms with Crippen molar-refractivity contribution in [3.63, 3.8) is 0 Å². The summed E-state index contributed by atoms with van der Waals surface area (Å²) in [5, 5.41) is 0. The topological polar surface area (TPSA) is 20.3 Å². The molecule has 0 unspecified atom stereocenters. The standard InChI is InChI=1S/C9H15NO.B/c11-6-3-9-7-10-4-1-8(9)2-5-10;/h6,8-9H,1-5,7H2;/t9-;/m1./s1. The monoisotopic (exact) mass is 164 g/mol. The maximum atomic E-state index is 10.3. The van der Waals surface area contributed by atoms with Gasteiger partial charge in [0.05, 0.1) is 0 Å². The van der Waals surface area contributed by atoms with Gasteiger partial charge in [-0.05, 0) is 37.8 Å². The summed E-state index contributed by atoms with van der Waals surface area (Å²) in [6.45, 7) is 3.74. The molecule has 0 aromatic heterocycles. The van der Waals surface area contributed by atoms with Crippen molar-refractivity contribution in [1.29, 1.82) is 0 Å². The zero-order valence-electron chi connectivity index (χ0n) is 7.41. The van der Waals surface area contributed by atoms with Crippen molar-refractivity contribution in [2.75, 3.05) is 19.6 Å². The fourth-order valence-corrected chi connectivity index (χ4v) is 2.48. The number of rotatable bonds is 2. The van der Waals surface area contributed by atoms with Crippen LogP contribution in [0.15, 0.2) is 0 Å². The Hall–Kier alpha value is -0.305. The Bertz CT molecular complexity index is 155. The van der Waals surface area contributed by atoms with Gasteiger partial charge in [0, 0.05) is 21.4 Å². The van der Waals surface area contributed by atoms with Gasteiger partial charge >= 0.3 is 0 Å². The van der Waals surface area contributed by atoms with Crippen molar-refractivity contribution in [1.82, 2.24) is 4.90 Å². The van der Waals surface area contributed by atoms with Gasteiger partial charge in [0.15, 0.2) is 0 Å². The molecule has 3 heterocycles. The lowest BCUT2D eigenvalue weighted by molar-refractivity contribution is -0.110. The van der Waals surface area contributed by atoms with Crippen LogP contribution in [0.5, 0.6) is 0 Å². The first-order valence-electron chi connectivity index (χ1n) is 4.56. The van der Waals surface area contributed by atoms with E-state index in [0.29, 0.717) is 5.92 Å². The molecule has 0 saturated carbocycles. The van der Waals surface area contributed by atoms with E-state index in [1.165, 1.54) is 32.5 Å². The number of fused-ring (bicyclic) bond motifs is 3. The first-order chi connectivity index (χ1) is 5.40. The van der Waals surface area contributed by atoms with Gasteiger partial charge in [0.1, 0.15) is 6.29 Å². The Morgan fingerprint density at radius 3 is 2.42 bits per heavy atom. The van der Waals surface area contributed by atoms with Crippen LogP contribution in [0, 0.1) is 11.8 Å². The first kappa shape index (κ1) is 9.78. The van der Waals surface area contributed by atoms with Crippen LogP contribution in [-0.2, 0) is 4.79 Å². The molecule has 3 fully saturated rings. The lowest BCUT2D eigenvalue weighted by atomic mass is 9.78. The summed E-state index contributed by atoms with van der Waals surface area (Å²) < 4.78 is 0. The van der Waals surface area contributed by atoms with Crippen LogP contribution in [-0.4, -0.2) is 39.2 Å². The van der Waals surface area contributed by atoms with Gasteiger partial charge in [-0.3, -0.25) is 0 Å². The molecule has 12 heavy (non-hydrogen) atoms. The van der Waals surface area contributed by atoms with Crippen molar-refractivity contribution in [3.8, 4) is 0 Å². The van der Waals surface area contributed by atoms with E-state index in [1.807, 2.05) is 0 Å². The van der Waals surface area contributed by atoms with Gasteiger partial charge in [-0.15, -0.1) is 0 Å². The molecule has 3 aliphatic heterocycles. The highest BCUT2D eigenvalue weighted by molar-refractivity contribution is 5.75. The Morgan fingerprint density at radius 2 is 2.00 bits per heavy atom. The molecular formula is C9H15BNO. The molecule has 0 N–H and O–H groups in total. The Kier molecular flexibility index (Phi) is 3.33. The highest BCUT2D eigenvalue weighted by atomic mass is 16.1. The van der Waals surface area contributed by atoms with Crippen molar-refractivity contribution in [2.45, 2.75) is 19.3 Å². The summed E-state index contributed by atoms with van der Waals surface area (Å²) in [6, 6.07) is 0. The molecule has 2 nitrogen and oxygen atoms in total. The fraction of sp³-hybridized carbons (Fsp3) is 0.889. The molecule has 0 aliphatic carbocycles. The minimum atomic E-state index is 0. The molecular weight excluding hydrogens is 149 g/mol. The van der Waals surface area contributed by atoms with Crippen LogP contribution in [0.3, 0.4) is 0 Å². The summed E-state index contributed by atoms with van der Waals surface area (Å²) in [7, 11) is 0. The molecule has 1 atom stereocenters. The van der Waals surface area contributed by atoms with Crippen LogP contribution in [0.4, 0.5) is 0 Å². The van der Waals surface area contributed by atoms with E-state index < -0.39 is 0 Å². The number of nitrogens with zero attached hydrogens (tertiary/aromatic N) is 1. The second kappa shape index (κ2) is 4.08. The van der Waals surface area contributed by atoms with E-state index in [0.717, 1.165) is 18.6 Å². The van der Waals surface area contributed by atoms with E-state index in [4.69, 9.17) is 0 Å². The van der Waals surface area contributed by atoms with Gasteiger partial charge < -0.3 is 9.69 Å². The van der Waals surface area contributed by atoms with Gasteiger partial charge in [0.25, 0.3) is 0 Å². The van der Waals surface area contributed by atoms with Crippen molar-refractivity contribution >= 4 is 14.7 Å². The van der Waals surface area contributed by atoms with E-state index >= 15 is 0 Å². The number of carbonyl (C=O) groups is 1. The third kappa shape index (κ3) is 1.71. The van der Waals surface area contributed by atoms with Crippen LogP contribution < -0.4 is 0 Å². The first-order valence-corrected chi connectivity index (χ1v) is 4.56. The summed E-state index contributed by atoms with van der Waals surface area (Å²) in [5.41, 5.74) is 0. The highest BCUT2D eigenvalue weighted by Crippen LogP contribution is 2.33. The van der Waals surface area contributed by atoms with Crippen LogP contribution in [0.25, 0.3) is 0 Å². The minimum absolute atomic E-state index is 0. The molecule has 3 heteroatoms. The summed E-state index contributed by atoms with van der Waals surface area (Å²) in [4.78, 5) is 12.8. The molecule has 3 radical (unpaired) electrons. The second-order valence-corrected chi connectivity index (χ2v) is 3.80. The third-order valence-electron chi connectivity index (χ3n) is 3.19. The molecule has 0 aromatic rings. The molecule has 65 valence electrons. The highest BCUT2D eigenvalue weighted by Gasteiger charge is 2.33. The van der Waals surface area contributed by atoms with E-state index in [1.54, 1.807) is 0 Å². The average Bonchev–Trinajstić information content (AvgIpc) is 2.07. The van der Waals surface area contributed by atoms with Crippen LogP contribution in [0.1, 0.15) is 19.3 Å². The number of hydrogen-bond acceptors (Lipinski definition) is 2. The molecule has 3 saturated heterocycles. The predicted octanol–water partition coefficient (Wildman–Crippen LogP) is 0.536. The van der Waals surface area contributed by atoms with Gasteiger partial charge in [-0.2, -0.15) is 0 Å². The fourth-order valence-electron chi connectivity index (χ4n) is 2.48. The maximum Gasteiger partial charge on any atom is 0.120 e. The maximum absolute atomic E-state index is 10.3. The number of piperidine rings is 3. The number of hydrogen-bond donors (Lipinski definition) is 0. The van der Waals surface area contributed by atoms with E-state index in [9.17, 15) is 4.79 Å².